The smallest absolute Gasteiger partial charge is 0.337 e. The number of nitrogens with zero attached hydrogens (tertiary/aromatic N) is 2. The maximum absolute atomic E-state index is 12.4. The van der Waals surface area contributed by atoms with Crippen LogP contribution in [0.1, 0.15) is 46.5 Å². The number of benzene rings is 1. The van der Waals surface area contributed by atoms with Crippen molar-refractivity contribution >= 4 is 35.0 Å². The highest BCUT2D eigenvalue weighted by molar-refractivity contribution is 6.34. The summed E-state index contributed by atoms with van der Waals surface area (Å²) in [4.78, 5) is 32.4. The van der Waals surface area contributed by atoms with Crippen LogP contribution in [0.4, 0.5) is 11.5 Å². The molecule has 8 heteroatoms. The Balaban J connectivity index is 1.68. The van der Waals surface area contributed by atoms with Crippen LogP contribution in [0, 0.1) is 0 Å². The van der Waals surface area contributed by atoms with Gasteiger partial charge >= 0.3 is 5.97 Å². The van der Waals surface area contributed by atoms with Crippen LogP contribution in [0.15, 0.2) is 30.6 Å². The first-order valence-corrected chi connectivity index (χ1v) is 8.72. The summed E-state index contributed by atoms with van der Waals surface area (Å²) in [5.74, 6) is -0.327. The molecule has 1 amide bonds. The summed E-state index contributed by atoms with van der Waals surface area (Å²) >= 11 is 6.08. The molecule has 0 unspecified atom stereocenters. The molecule has 3 rings (SSSR count). The van der Waals surface area contributed by atoms with Crippen LogP contribution in [0.3, 0.4) is 0 Å². The van der Waals surface area contributed by atoms with Gasteiger partial charge in [0.15, 0.2) is 0 Å². The third kappa shape index (κ3) is 4.29. The van der Waals surface area contributed by atoms with Crippen LogP contribution in [0.2, 0.25) is 5.02 Å². The standard InChI is InChI=1S/C18H19ClN4O3/c1-26-18(25)11-6-7-13(19)14(8-11)23-17(24)15-9-21-16(10-20-15)22-12-4-2-3-5-12/h6-10,12H,2-5H2,1H3,(H,21,22)(H,23,24). The number of carbonyl (C=O) groups excluding carboxylic acids is 2. The molecule has 136 valence electrons. The number of amides is 1. The van der Waals surface area contributed by atoms with E-state index in [2.05, 4.69) is 25.3 Å². The molecular weight excluding hydrogens is 356 g/mol. The minimum Gasteiger partial charge on any atom is -0.465 e. The lowest BCUT2D eigenvalue weighted by molar-refractivity contribution is 0.0600. The molecule has 7 nitrogen and oxygen atoms in total. The lowest BCUT2D eigenvalue weighted by Gasteiger charge is -2.12. The Morgan fingerprint density at radius 2 is 1.96 bits per heavy atom. The molecule has 2 N–H and O–H groups in total. The Labute approximate surface area is 156 Å². The maximum Gasteiger partial charge on any atom is 0.337 e. The molecule has 2 aromatic rings. The molecule has 1 heterocycles. The van der Waals surface area contributed by atoms with Gasteiger partial charge in [-0.3, -0.25) is 4.79 Å². The van der Waals surface area contributed by atoms with E-state index >= 15 is 0 Å². The van der Waals surface area contributed by atoms with Gasteiger partial charge in [-0.05, 0) is 31.0 Å². The molecule has 0 atom stereocenters. The van der Waals surface area contributed by atoms with E-state index in [1.807, 2.05) is 0 Å². The van der Waals surface area contributed by atoms with Gasteiger partial charge in [0.05, 0.1) is 35.8 Å². The second-order valence-corrected chi connectivity index (χ2v) is 6.46. The molecule has 0 bridgehead atoms. The fraction of sp³-hybridized carbons (Fsp3) is 0.333. The molecule has 1 saturated carbocycles. The van der Waals surface area contributed by atoms with Gasteiger partial charge in [0.2, 0.25) is 0 Å². The van der Waals surface area contributed by atoms with Crippen LogP contribution >= 0.6 is 11.6 Å². The predicted octanol–water partition coefficient (Wildman–Crippen LogP) is 3.52. The summed E-state index contributed by atoms with van der Waals surface area (Å²) in [5, 5.41) is 6.26. The van der Waals surface area contributed by atoms with Crippen molar-refractivity contribution in [1.29, 1.82) is 0 Å². The summed E-state index contributed by atoms with van der Waals surface area (Å²) in [7, 11) is 1.28. The van der Waals surface area contributed by atoms with E-state index in [4.69, 9.17) is 11.6 Å². The maximum atomic E-state index is 12.4. The summed E-state index contributed by atoms with van der Waals surface area (Å²) in [5.41, 5.74) is 0.741. The van der Waals surface area contributed by atoms with Crippen molar-refractivity contribution in [2.45, 2.75) is 31.7 Å². The van der Waals surface area contributed by atoms with Crippen molar-refractivity contribution in [2.75, 3.05) is 17.7 Å². The minimum absolute atomic E-state index is 0.154. The van der Waals surface area contributed by atoms with Crippen LogP contribution in [0.5, 0.6) is 0 Å². The number of aromatic nitrogens is 2. The summed E-state index contributed by atoms with van der Waals surface area (Å²) in [6.07, 6.45) is 7.64. The Kier molecular flexibility index (Phi) is 5.68. The number of hydrogen-bond acceptors (Lipinski definition) is 6. The molecule has 1 aliphatic rings. The lowest BCUT2D eigenvalue weighted by atomic mass is 10.2. The fourth-order valence-corrected chi connectivity index (χ4v) is 3.02. The molecule has 1 fully saturated rings. The van der Waals surface area contributed by atoms with Crippen molar-refractivity contribution in [2.24, 2.45) is 0 Å². The van der Waals surface area contributed by atoms with Crippen molar-refractivity contribution < 1.29 is 14.3 Å². The number of methoxy groups -OCH3 is 1. The zero-order valence-electron chi connectivity index (χ0n) is 14.3. The van der Waals surface area contributed by atoms with Crippen LogP contribution in [-0.4, -0.2) is 35.0 Å². The molecule has 1 aromatic heterocycles. The number of rotatable bonds is 5. The van der Waals surface area contributed by atoms with E-state index < -0.39 is 11.9 Å². The number of halogens is 1. The molecule has 0 saturated heterocycles. The zero-order valence-corrected chi connectivity index (χ0v) is 15.0. The molecular formula is C18H19ClN4O3. The van der Waals surface area contributed by atoms with Gasteiger partial charge in [-0.2, -0.15) is 0 Å². The Morgan fingerprint density at radius 1 is 1.19 bits per heavy atom. The zero-order chi connectivity index (χ0) is 18.5. The van der Waals surface area contributed by atoms with Gasteiger partial charge in [0, 0.05) is 6.04 Å². The van der Waals surface area contributed by atoms with Gasteiger partial charge in [0.25, 0.3) is 5.91 Å². The highest BCUT2D eigenvalue weighted by atomic mass is 35.5. The number of esters is 1. The third-order valence-electron chi connectivity index (χ3n) is 4.23. The highest BCUT2D eigenvalue weighted by Gasteiger charge is 2.16. The van der Waals surface area contributed by atoms with E-state index in [0.717, 1.165) is 12.8 Å². The average Bonchev–Trinajstić information content (AvgIpc) is 3.16. The first-order chi connectivity index (χ1) is 12.6. The average molecular weight is 375 g/mol. The summed E-state index contributed by atoms with van der Waals surface area (Å²) < 4.78 is 4.66. The third-order valence-corrected chi connectivity index (χ3v) is 4.56. The normalized spacial score (nSPS) is 14.1. The van der Waals surface area contributed by atoms with Crippen LogP contribution in [0.25, 0.3) is 0 Å². The molecule has 1 aromatic carbocycles. The monoisotopic (exact) mass is 374 g/mol. The van der Waals surface area contributed by atoms with Gasteiger partial charge in [0.1, 0.15) is 11.5 Å². The van der Waals surface area contributed by atoms with E-state index in [9.17, 15) is 9.59 Å². The largest absolute Gasteiger partial charge is 0.465 e. The van der Waals surface area contributed by atoms with Crippen molar-refractivity contribution in [3.05, 3.63) is 46.9 Å². The van der Waals surface area contributed by atoms with E-state index in [0.29, 0.717) is 22.6 Å². The Morgan fingerprint density at radius 3 is 2.62 bits per heavy atom. The fourth-order valence-electron chi connectivity index (χ4n) is 2.85. The summed E-state index contributed by atoms with van der Waals surface area (Å²) in [6, 6.07) is 4.91. The van der Waals surface area contributed by atoms with E-state index in [1.54, 1.807) is 6.20 Å². The van der Waals surface area contributed by atoms with Crippen molar-refractivity contribution in [3.63, 3.8) is 0 Å². The number of anilines is 2. The number of ether oxygens (including phenoxy) is 1. The van der Waals surface area contributed by atoms with Gasteiger partial charge in [-0.15, -0.1) is 0 Å². The van der Waals surface area contributed by atoms with Gasteiger partial charge in [-0.1, -0.05) is 24.4 Å². The van der Waals surface area contributed by atoms with E-state index in [-0.39, 0.29) is 11.3 Å². The second-order valence-electron chi connectivity index (χ2n) is 6.05. The molecule has 0 aliphatic heterocycles. The number of nitrogens with one attached hydrogen (secondary N) is 2. The number of hydrogen-bond donors (Lipinski definition) is 2. The van der Waals surface area contributed by atoms with Crippen molar-refractivity contribution in [3.8, 4) is 0 Å². The van der Waals surface area contributed by atoms with Gasteiger partial charge in [-0.25, -0.2) is 14.8 Å². The number of carbonyl (C=O) groups is 2. The molecule has 0 spiro atoms. The first-order valence-electron chi connectivity index (χ1n) is 8.34. The van der Waals surface area contributed by atoms with E-state index in [1.165, 1.54) is 44.3 Å². The van der Waals surface area contributed by atoms with Crippen molar-refractivity contribution in [1.82, 2.24) is 9.97 Å². The van der Waals surface area contributed by atoms with Gasteiger partial charge < -0.3 is 15.4 Å². The highest BCUT2D eigenvalue weighted by Crippen LogP contribution is 2.24. The quantitative estimate of drug-likeness (QED) is 0.778. The SMILES string of the molecule is COC(=O)c1ccc(Cl)c(NC(=O)c2cnc(NC3CCCC3)cn2)c1. The first kappa shape index (κ1) is 18.1. The minimum atomic E-state index is -0.515. The van der Waals surface area contributed by atoms with Crippen LogP contribution in [-0.2, 0) is 4.74 Å². The summed E-state index contributed by atoms with van der Waals surface area (Å²) in [6.45, 7) is 0. The molecule has 1 aliphatic carbocycles. The molecule has 0 radical (unpaired) electrons. The topological polar surface area (TPSA) is 93.2 Å². The second kappa shape index (κ2) is 8.14. The molecule has 26 heavy (non-hydrogen) atoms. The van der Waals surface area contributed by atoms with Crippen LogP contribution < -0.4 is 10.6 Å². The lowest BCUT2D eigenvalue weighted by Crippen LogP contribution is -2.18. The predicted molar refractivity (Wildman–Crippen MR) is 98.7 cm³/mol. The Bertz CT molecular complexity index is 805. The Hall–Kier alpha value is -2.67.